The molecule has 0 unspecified atom stereocenters. The molecular weight excluding hydrogens is 330 g/mol. The topological polar surface area (TPSA) is 159 Å². The number of carbonyl (C=O) groups excluding carboxylic acids is 2. The molecule has 1 aromatic carbocycles. The molecule has 0 aromatic heterocycles. The van der Waals surface area contributed by atoms with E-state index in [1.54, 1.807) is 30.3 Å². The first kappa shape index (κ1) is 18.4. The summed E-state index contributed by atoms with van der Waals surface area (Å²) in [5.41, 5.74) is 2.59. The van der Waals surface area contributed by atoms with Gasteiger partial charge in [-0.2, -0.15) is 0 Å². The van der Waals surface area contributed by atoms with Gasteiger partial charge in [0.2, 0.25) is 11.8 Å². The number of nitrogens with one attached hydrogen (secondary N) is 2. The molecule has 0 saturated carbocycles. The third-order valence-corrected chi connectivity index (χ3v) is 3.30. The minimum Gasteiger partial charge on any atom is -0.481 e. The highest BCUT2D eigenvalue weighted by Gasteiger charge is 2.29. The van der Waals surface area contributed by atoms with Crippen LogP contribution in [0.4, 0.5) is 0 Å². The van der Waals surface area contributed by atoms with Crippen LogP contribution >= 0.6 is 0 Å². The molecule has 0 radical (unpaired) electrons. The second-order valence-corrected chi connectivity index (χ2v) is 5.47. The Morgan fingerprint density at radius 1 is 1.08 bits per heavy atom. The van der Waals surface area contributed by atoms with Gasteiger partial charge in [0.25, 0.3) is 0 Å². The van der Waals surface area contributed by atoms with Crippen LogP contribution in [0.15, 0.2) is 30.3 Å². The van der Waals surface area contributed by atoms with Gasteiger partial charge in [-0.3, -0.25) is 14.4 Å². The number of carboxylic acids is 2. The van der Waals surface area contributed by atoms with Gasteiger partial charge in [-0.05, 0) is 12.5 Å². The molecular formula is C16H21N3O6. The average Bonchev–Trinajstić information content (AvgIpc) is 2.60. The zero-order chi connectivity index (χ0) is 19.7. The summed E-state index contributed by atoms with van der Waals surface area (Å²) in [5, 5.41) is 22.7. The van der Waals surface area contributed by atoms with Crippen molar-refractivity contribution in [3.8, 4) is 0 Å². The summed E-state index contributed by atoms with van der Waals surface area (Å²) in [4.78, 5) is 46.5. The first-order chi connectivity index (χ1) is 12.2. The fraction of sp³-hybridized carbons (Fsp3) is 0.375. The fourth-order valence-electron chi connectivity index (χ4n) is 2.00. The van der Waals surface area contributed by atoms with Crippen LogP contribution in [0.5, 0.6) is 0 Å². The van der Waals surface area contributed by atoms with Crippen LogP contribution < -0.4 is 16.4 Å². The molecule has 3 atom stereocenters. The highest BCUT2D eigenvalue weighted by molar-refractivity contribution is 5.93. The number of nitrogens with two attached hydrogens (primary N) is 1. The summed E-state index contributed by atoms with van der Waals surface area (Å²) in [6.45, 7) is 1.35. The molecule has 9 nitrogen and oxygen atoms in total. The van der Waals surface area contributed by atoms with Crippen LogP contribution in [0.3, 0.4) is 0 Å². The van der Waals surface area contributed by atoms with Crippen molar-refractivity contribution < 1.29 is 30.8 Å². The van der Waals surface area contributed by atoms with Gasteiger partial charge in [0.15, 0.2) is 0 Å². The third kappa shape index (κ3) is 7.00. The molecule has 0 heterocycles. The van der Waals surface area contributed by atoms with E-state index >= 15 is 0 Å². The van der Waals surface area contributed by atoms with Gasteiger partial charge < -0.3 is 26.6 Å². The molecule has 0 spiro atoms. The standard InChI is InChI=1S/C16H21N3O6/c1-9(17)14(22)18-11(8-13(20)21)15(23)19-12(16(24)25)7-10-5-3-2-4-6-10/h2-6,9,11-12H,7-8,17H2,1H3,(H,18,22)(H,19,23)(H,20,21)(H,24,25)/t9-,11+,12+/m1/s1/i/hD. The van der Waals surface area contributed by atoms with Crippen LogP contribution in [0, 0.1) is 0 Å². The van der Waals surface area contributed by atoms with E-state index in [0.717, 1.165) is 0 Å². The molecule has 6 N–H and O–H groups in total. The van der Waals surface area contributed by atoms with E-state index in [4.69, 9.17) is 6.52 Å². The highest BCUT2D eigenvalue weighted by Crippen LogP contribution is 2.05. The van der Waals surface area contributed by atoms with Gasteiger partial charge in [-0.25, -0.2) is 4.79 Å². The summed E-state index contributed by atoms with van der Waals surface area (Å²) in [5.74, 6) is -4.31. The minimum atomic E-state index is -1.46. The maximum Gasteiger partial charge on any atom is 0.326 e. The van der Waals surface area contributed by atoms with E-state index in [2.05, 4.69) is 10.6 Å². The highest BCUT2D eigenvalue weighted by atomic mass is 16.4. The second-order valence-electron chi connectivity index (χ2n) is 5.47. The quantitative estimate of drug-likeness (QED) is 0.365. The lowest BCUT2D eigenvalue weighted by atomic mass is 10.1. The second kappa shape index (κ2) is 9.38. The molecule has 1 rings (SSSR count). The van der Waals surface area contributed by atoms with Crippen molar-refractivity contribution in [2.45, 2.75) is 37.9 Å². The molecule has 0 aliphatic carbocycles. The van der Waals surface area contributed by atoms with Gasteiger partial charge in [-0.1, -0.05) is 30.3 Å². The number of aliphatic carboxylic acids is 2. The number of rotatable bonds is 10. The molecule has 0 aliphatic rings. The van der Waals surface area contributed by atoms with Gasteiger partial charge in [0.05, 0.1) is 12.5 Å². The Labute approximate surface area is 145 Å². The number of benzene rings is 1. The van der Waals surface area contributed by atoms with E-state index in [0.29, 0.717) is 5.56 Å². The number of amides is 2. The first-order valence-electron chi connectivity index (χ1n) is 8.01. The predicted octanol–water partition coefficient (Wildman–Crippen LogP) is -0.895. The molecule has 0 fully saturated rings. The smallest absolute Gasteiger partial charge is 0.326 e. The number of hydrogen-bond donors (Lipinski definition) is 5. The monoisotopic (exact) mass is 352 g/mol. The number of hydrogen-bond acceptors (Lipinski definition) is 5. The van der Waals surface area contributed by atoms with E-state index in [1.165, 1.54) is 6.92 Å². The lowest BCUT2D eigenvalue weighted by Gasteiger charge is -2.21. The van der Waals surface area contributed by atoms with E-state index in [-0.39, 0.29) is 6.42 Å². The molecule has 0 aliphatic heterocycles. The van der Waals surface area contributed by atoms with Crippen molar-refractivity contribution in [2.24, 2.45) is 5.73 Å². The molecule has 0 bridgehead atoms. The number of carbonyl (C=O) groups is 4. The van der Waals surface area contributed by atoms with E-state index in [9.17, 15) is 24.3 Å². The fourth-order valence-corrected chi connectivity index (χ4v) is 2.00. The summed E-state index contributed by atoms with van der Waals surface area (Å²) in [6, 6.07) is 4.87. The first-order valence-corrected chi connectivity index (χ1v) is 7.51. The van der Waals surface area contributed by atoms with Crippen LogP contribution in [0.1, 0.15) is 18.9 Å². The van der Waals surface area contributed by atoms with Crippen LogP contribution in [-0.2, 0) is 25.6 Å². The van der Waals surface area contributed by atoms with Gasteiger partial charge in [0, 0.05) is 6.42 Å². The summed E-state index contributed by atoms with van der Waals surface area (Å²) in [7, 11) is 0. The van der Waals surface area contributed by atoms with Crippen LogP contribution in [0.25, 0.3) is 0 Å². The summed E-state index contributed by atoms with van der Waals surface area (Å²) >= 11 is 0. The molecule has 2 amide bonds. The molecule has 1 aromatic rings. The van der Waals surface area contributed by atoms with Gasteiger partial charge in [0.1, 0.15) is 13.5 Å². The van der Waals surface area contributed by atoms with Crippen molar-refractivity contribution in [1.29, 1.82) is 0 Å². The van der Waals surface area contributed by atoms with Crippen LogP contribution in [0.2, 0.25) is 1.41 Å². The maximum atomic E-state index is 12.3. The molecule has 136 valence electrons. The lowest BCUT2D eigenvalue weighted by Crippen LogP contribution is -2.55. The number of carboxylic acid groups (broad SMARTS) is 2. The van der Waals surface area contributed by atoms with Gasteiger partial charge >= 0.3 is 11.9 Å². The Morgan fingerprint density at radius 2 is 1.68 bits per heavy atom. The van der Waals surface area contributed by atoms with Crippen molar-refractivity contribution in [2.75, 3.05) is 0 Å². The molecule has 0 saturated heterocycles. The SMILES string of the molecule is [2H]N[C@H](C)C(=O)N[C@@H](CC(=O)O)C(=O)N[C@@H](Cc1ccccc1)C(=O)O. The normalized spacial score (nSPS) is 14.5. The zero-order valence-electron chi connectivity index (χ0n) is 14.6. The third-order valence-electron chi connectivity index (χ3n) is 3.30. The van der Waals surface area contributed by atoms with Crippen molar-refractivity contribution >= 4 is 23.8 Å². The predicted molar refractivity (Wildman–Crippen MR) is 87.5 cm³/mol. The maximum absolute atomic E-state index is 12.3. The molecule has 25 heavy (non-hydrogen) atoms. The average molecular weight is 352 g/mol. The Balaban J connectivity index is 2.85. The Hall–Kier alpha value is -2.94. The van der Waals surface area contributed by atoms with E-state index in [1.807, 2.05) is 5.73 Å². The van der Waals surface area contributed by atoms with Crippen molar-refractivity contribution in [3.63, 3.8) is 0 Å². The summed E-state index contributed by atoms with van der Waals surface area (Å²) < 4.78 is 6.92. The van der Waals surface area contributed by atoms with Crippen molar-refractivity contribution in [3.05, 3.63) is 35.9 Å². The Kier molecular flexibility index (Phi) is 6.90. The van der Waals surface area contributed by atoms with Crippen LogP contribution in [-0.4, -0.2) is 52.1 Å². The largest absolute Gasteiger partial charge is 0.481 e. The van der Waals surface area contributed by atoms with E-state index < -0.39 is 48.3 Å². The Morgan fingerprint density at radius 3 is 2.20 bits per heavy atom. The lowest BCUT2D eigenvalue weighted by molar-refractivity contribution is -0.143. The minimum absolute atomic E-state index is 0.000327. The summed E-state index contributed by atoms with van der Waals surface area (Å²) in [6.07, 6.45) is -0.722. The Bertz CT molecular complexity index is 655. The molecule has 9 heteroatoms. The van der Waals surface area contributed by atoms with Gasteiger partial charge in [-0.15, -0.1) is 0 Å². The van der Waals surface area contributed by atoms with Crippen molar-refractivity contribution in [1.82, 2.24) is 10.6 Å². The zero-order valence-corrected chi connectivity index (χ0v) is 13.6.